The van der Waals surface area contributed by atoms with Crippen LogP contribution in [0.1, 0.15) is 28.9 Å². The highest BCUT2D eigenvalue weighted by Gasteiger charge is 2.20. The van der Waals surface area contributed by atoms with E-state index in [1.165, 1.54) is 12.1 Å². The number of ether oxygens (including phenoxy) is 1. The molecule has 0 amide bonds. The second kappa shape index (κ2) is 6.66. The Morgan fingerprint density at radius 1 is 1.25 bits per heavy atom. The van der Waals surface area contributed by atoms with Crippen LogP contribution < -0.4 is 0 Å². The average molecular weight is 325 g/mol. The van der Waals surface area contributed by atoms with E-state index in [0.29, 0.717) is 22.8 Å². The van der Waals surface area contributed by atoms with Crippen molar-refractivity contribution in [2.24, 2.45) is 0 Å². The summed E-state index contributed by atoms with van der Waals surface area (Å²) in [5.74, 6) is -0.847. The third-order valence-corrected chi connectivity index (χ3v) is 3.94. The third-order valence-electron chi connectivity index (χ3n) is 3.94. The highest BCUT2D eigenvalue weighted by Crippen LogP contribution is 2.25. The molecule has 0 aliphatic heterocycles. The number of fused-ring (bicyclic) bond motifs is 1. The van der Waals surface area contributed by atoms with Gasteiger partial charge in [-0.2, -0.15) is 0 Å². The van der Waals surface area contributed by atoms with E-state index in [4.69, 9.17) is 4.74 Å². The number of aldehydes is 1. The minimum absolute atomic E-state index is 0.179. The molecular weight excluding hydrogens is 309 g/mol. The molecule has 3 rings (SSSR count). The number of esters is 1. The Morgan fingerprint density at radius 2 is 2.00 bits per heavy atom. The highest BCUT2D eigenvalue weighted by molar-refractivity contribution is 5.98. The van der Waals surface area contributed by atoms with Crippen molar-refractivity contribution in [3.8, 4) is 0 Å². The topological polar surface area (TPSA) is 48.3 Å². The number of benzene rings is 2. The van der Waals surface area contributed by atoms with Gasteiger partial charge in [0.1, 0.15) is 18.5 Å². The molecule has 1 aromatic heterocycles. The first kappa shape index (κ1) is 15.9. The lowest BCUT2D eigenvalue weighted by Crippen LogP contribution is -2.18. The van der Waals surface area contributed by atoms with Gasteiger partial charge < -0.3 is 9.30 Å². The number of halogens is 1. The van der Waals surface area contributed by atoms with Gasteiger partial charge in [0.05, 0.1) is 0 Å². The van der Waals surface area contributed by atoms with Crippen LogP contribution in [0.4, 0.5) is 4.39 Å². The Morgan fingerprint density at radius 3 is 2.71 bits per heavy atom. The monoisotopic (exact) mass is 325 g/mol. The number of rotatable bonds is 5. The van der Waals surface area contributed by atoms with Crippen molar-refractivity contribution in [2.45, 2.75) is 19.6 Å². The van der Waals surface area contributed by atoms with Crippen LogP contribution in [0.3, 0.4) is 0 Å². The predicted molar refractivity (Wildman–Crippen MR) is 88.2 cm³/mol. The zero-order valence-corrected chi connectivity index (χ0v) is 13.1. The SMILES string of the molecule is CC(C(=O)OCc1ccccc1)n1cc(C=O)c2cc(F)ccc21. The number of carbonyl (C=O) groups is 2. The lowest BCUT2D eigenvalue weighted by Gasteiger charge is -2.14. The molecule has 3 aromatic rings. The first-order valence-corrected chi connectivity index (χ1v) is 7.56. The van der Waals surface area contributed by atoms with Crippen LogP contribution in [0.2, 0.25) is 0 Å². The van der Waals surface area contributed by atoms with E-state index in [1.807, 2.05) is 30.3 Å². The van der Waals surface area contributed by atoms with Gasteiger partial charge in [0.25, 0.3) is 0 Å². The van der Waals surface area contributed by atoms with Crippen molar-refractivity contribution < 1.29 is 18.7 Å². The van der Waals surface area contributed by atoms with Gasteiger partial charge in [0.15, 0.2) is 6.29 Å². The number of carbonyl (C=O) groups excluding carboxylic acids is 2. The summed E-state index contributed by atoms with van der Waals surface area (Å²) < 4.78 is 20.4. The van der Waals surface area contributed by atoms with Gasteiger partial charge in [-0.05, 0) is 30.7 Å². The molecule has 0 saturated carbocycles. The van der Waals surface area contributed by atoms with Gasteiger partial charge >= 0.3 is 5.97 Å². The second-order valence-electron chi connectivity index (χ2n) is 5.54. The first-order valence-electron chi connectivity index (χ1n) is 7.56. The van der Waals surface area contributed by atoms with Crippen molar-refractivity contribution in [1.82, 2.24) is 4.57 Å². The molecule has 24 heavy (non-hydrogen) atoms. The molecule has 0 bridgehead atoms. The Kier molecular flexibility index (Phi) is 4.42. The number of nitrogens with zero attached hydrogens (tertiary/aromatic N) is 1. The number of hydrogen-bond acceptors (Lipinski definition) is 3. The molecular formula is C19H16FNO3. The lowest BCUT2D eigenvalue weighted by atomic mass is 10.2. The lowest BCUT2D eigenvalue weighted by molar-refractivity contribution is -0.148. The third kappa shape index (κ3) is 3.06. The van der Waals surface area contributed by atoms with Crippen molar-refractivity contribution in [2.75, 3.05) is 0 Å². The molecule has 122 valence electrons. The summed E-state index contributed by atoms with van der Waals surface area (Å²) in [6, 6.07) is 12.9. The van der Waals surface area contributed by atoms with Crippen molar-refractivity contribution in [3.05, 3.63) is 71.7 Å². The van der Waals surface area contributed by atoms with E-state index >= 15 is 0 Å². The highest BCUT2D eigenvalue weighted by atomic mass is 19.1. The summed E-state index contributed by atoms with van der Waals surface area (Å²) in [6.45, 7) is 1.86. The van der Waals surface area contributed by atoms with Crippen LogP contribution >= 0.6 is 0 Å². The summed E-state index contributed by atoms with van der Waals surface area (Å²) in [4.78, 5) is 23.5. The first-order chi connectivity index (χ1) is 11.6. The molecule has 1 atom stereocenters. The molecule has 0 radical (unpaired) electrons. The molecule has 4 nitrogen and oxygen atoms in total. The van der Waals surface area contributed by atoms with Gasteiger partial charge in [-0.25, -0.2) is 9.18 Å². The van der Waals surface area contributed by atoms with E-state index in [1.54, 1.807) is 23.8 Å². The predicted octanol–water partition coefficient (Wildman–Crippen LogP) is 3.90. The Balaban J connectivity index is 1.84. The fourth-order valence-corrected chi connectivity index (χ4v) is 2.63. The average Bonchev–Trinajstić information content (AvgIpc) is 2.97. The standard InChI is InChI=1S/C19H16FNO3/c1-13(19(23)24-12-14-5-3-2-4-6-14)21-10-15(11-22)17-9-16(20)7-8-18(17)21/h2-11,13H,12H2,1H3. The van der Waals surface area contributed by atoms with E-state index in [2.05, 4.69) is 0 Å². The molecule has 0 aliphatic rings. The van der Waals surface area contributed by atoms with Gasteiger partial charge in [0.2, 0.25) is 0 Å². The van der Waals surface area contributed by atoms with Gasteiger partial charge in [-0.15, -0.1) is 0 Å². The largest absolute Gasteiger partial charge is 0.459 e. The molecule has 0 aliphatic carbocycles. The summed E-state index contributed by atoms with van der Waals surface area (Å²) in [5, 5.41) is 0.479. The smallest absolute Gasteiger partial charge is 0.329 e. The van der Waals surface area contributed by atoms with Crippen LogP contribution in [-0.4, -0.2) is 16.8 Å². The normalized spacial score (nSPS) is 12.1. The molecule has 0 saturated heterocycles. The maximum absolute atomic E-state index is 13.4. The quantitative estimate of drug-likeness (QED) is 0.528. The summed E-state index contributed by atoms with van der Waals surface area (Å²) >= 11 is 0. The second-order valence-corrected chi connectivity index (χ2v) is 5.54. The van der Waals surface area contributed by atoms with Crippen LogP contribution in [0.25, 0.3) is 10.9 Å². The van der Waals surface area contributed by atoms with E-state index in [0.717, 1.165) is 5.56 Å². The summed E-state index contributed by atoms with van der Waals surface area (Å²) in [6.07, 6.45) is 2.20. The van der Waals surface area contributed by atoms with Gasteiger partial charge in [0, 0.05) is 22.7 Å². The van der Waals surface area contributed by atoms with Crippen LogP contribution in [0.15, 0.2) is 54.7 Å². The maximum Gasteiger partial charge on any atom is 0.329 e. The Hall–Kier alpha value is -2.95. The van der Waals surface area contributed by atoms with Crippen molar-refractivity contribution in [1.29, 1.82) is 0 Å². The Bertz CT molecular complexity index is 886. The number of aromatic nitrogens is 1. The molecule has 0 fully saturated rings. The molecule has 2 aromatic carbocycles. The number of hydrogen-bond donors (Lipinski definition) is 0. The molecule has 1 unspecified atom stereocenters. The summed E-state index contributed by atoms with van der Waals surface area (Å²) in [5.41, 5.74) is 1.85. The van der Waals surface area contributed by atoms with Crippen LogP contribution in [0, 0.1) is 5.82 Å². The van der Waals surface area contributed by atoms with Crippen LogP contribution in [-0.2, 0) is 16.1 Å². The van der Waals surface area contributed by atoms with Crippen molar-refractivity contribution in [3.63, 3.8) is 0 Å². The van der Waals surface area contributed by atoms with Gasteiger partial charge in [-0.1, -0.05) is 30.3 Å². The molecule has 1 heterocycles. The molecule has 0 N–H and O–H groups in total. The maximum atomic E-state index is 13.4. The Labute approximate surface area is 138 Å². The summed E-state index contributed by atoms with van der Waals surface area (Å²) in [7, 11) is 0. The van der Waals surface area contributed by atoms with E-state index < -0.39 is 17.8 Å². The minimum atomic E-state index is -0.629. The fourth-order valence-electron chi connectivity index (χ4n) is 2.63. The van der Waals surface area contributed by atoms with Crippen LogP contribution in [0.5, 0.6) is 0 Å². The molecule has 5 heteroatoms. The molecule has 0 spiro atoms. The zero-order chi connectivity index (χ0) is 17.1. The van der Waals surface area contributed by atoms with Gasteiger partial charge in [-0.3, -0.25) is 4.79 Å². The minimum Gasteiger partial charge on any atom is -0.459 e. The van der Waals surface area contributed by atoms with Crippen molar-refractivity contribution >= 4 is 23.2 Å². The van der Waals surface area contributed by atoms with E-state index in [9.17, 15) is 14.0 Å². The van der Waals surface area contributed by atoms with E-state index in [-0.39, 0.29) is 6.61 Å². The fraction of sp³-hybridized carbons (Fsp3) is 0.158. The zero-order valence-electron chi connectivity index (χ0n) is 13.1.